The van der Waals surface area contributed by atoms with E-state index in [2.05, 4.69) is 4.98 Å². The molecule has 0 aliphatic carbocycles. The number of thiazole rings is 1. The Labute approximate surface area is 91.9 Å². The highest BCUT2D eigenvalue weighted by Crippen LogP contribution is 2.13. The first-order valence-corrected chi connectivity index (χ1v) is 5.87. The summed E-state index contributed by atoms with van der Waals surface area (Å²) in [6.07, 6.45) is 4.12. The van der Waals surface area contributed by atoms with Crippen LogP contribution >= 0.6 is 11.3 Å². The third kappa shape index (κ3) is 2.41. The molecule has 2 rings (SSSR count). The molecule has 15 heavy (non-hydrogen) atoms. The summed E-state index contributed by atoms with van der Waals surface area (Å²) < 4.78 is 0. The van der Waals surface area contributed by atoms with Crippen molar-refractivity contribution in [1.82, 2.24) is 9.88 Å². The van der Waals surface area contributed by atoms with Crippen LogP contribution in [0.15, 0.2) is 11.6 Å². The van der Waals surface area contributed by atoms with E-state index in [-0.39, 0.29) is 11.8 Å². The molecule has 1 aromatic heterocycles. The highest BCUT2D eigenvalue weighted by molar-refractivity contribution is 7.09. The second-order valence-corrected chi connectivity index (χ2v) is 4.45. The first kappa shape index (κ1) is 10.3. The molecule has 1 aromatic rings. The first-order valence-electron chi connectivity index (χ1n) is 4.99. The molecule has 80 valence electrons. The Morgan fingerprint density at radius 3 is 2.67 bits per heavy atom. The van der Waals surface area contributed by atoms with Gasteiger partial charge in [0.15, 0.2) is 0 Å². The minimum Gasteiger partial charge on any atom is -0.282 e. The molecule has 1 saturated heterocycles. The number of hydrogen-bond donors (Lipinski definition) is 0. The number of piperidine rings is 1. The lowest BCUT2D eigenvalue weighted by molar-refractivity contribution is -0.147. The standard InChI is InChI=1S/C10H12N2O2S/c13-9-2-1-3-10(14)12(9)6-4-8-11-5-7-15-8/h5,7H,1-4,6H2. The maximum atomic E-state index is 11.5. The van der Waals surface area contributed by atoms with Gasteiger partial charge < -0.3 is 0 Å². The highest BCUT2D eigenvalue weighted by Gasteiger charge is 2.25. The second-order valence-electron chi connectivity index (χ2n) is 3.47. The molecule has 0 atom stereocenters. The van der Waals surface area contributed by atoms with Gasteiger partial charge in [0.1, 0.15) is 0 Å². The van der Waals surface area contributed by atoms with E-state index in [9.17, 15) is 9.59 Å². The zero-order valence-electron chi connectivity index (χ0n) is 8.31. The van der Waals surface area contributed by atoms with Crippen molar-refractivity contribution in [2.75, 3.05) is 6.54 Å². The Bertz CT molecular complexity index is 346. The first-order chi connectivity index (χ1) is 7.27. The van der Waals surface area contributed by atoms with Crippen LogP contribution in [-0.4, -0.2) is 28.2 Å². The van der Waals surface area contributed by atoms with Crippen molar-refractivity contribution in [3.05, 3.63) is 16.6 Å². The van der Waals surface area contributed by atoms with Gasteiger partial charge in [-0.1, -0.05) is 0 Å². The van der Waals surface area contributed by atoms with Gasteiger partial charge in [0.2, 0.25) is 11.8 Å². The summed E-state index contributed by atoms with van der Waals surface area (Å²) in [4.78, 5) is 28.4. The third-order valence-electron chi connectivity index (χ3n) is 2.42. The van der Waals surface area contributed by atoms with Gasteiger partial charge in [-0.05, 0) is 6.42 Å². The van der Waals surface area contributed by atoms with Gasteiger partial charge >= 0.3 is 0 Å². The van der Waals surface area contributed by atoms with E-state index in [0.717, 1.165) is 5.01 Å². The quantitative estimate of drug-likeness (QED) is 0.725. The van der Waals surface area contributed by atoms with Crippen LogP contribution in [0.5, 0.6) is 0 Å². The molecule has 0 bridgehead atoms. The number of aromatic nitrogens is 1. The van der Waals surface area contributed by atoms with Crippen molar-refractivity contribution in [3.63, 3.8) is 0 Å². The third-order valence-corrected chi connectivity index (χ3v) is 3.26. The Balaban J connectivity index is 1.92. The van der Waals surface area contributed by atoms with Crippen molar-refractivity contribution in [3.8, 4) is 0 Å². The molecule has 1 aliphatic heterocycles. The summed E-state index contributed by atoms with van der Waals surface area (Å²) in [5.74, 6) is -0.0781. The fraction of sp³-hybridized carbons (Fsp3) is 0.500. The van der Waals surface area contributed by atoms with Gasteiger partial charge in [-0.15, -0.1) is 11.3 Å². The highest BCUT2D eigenvalue weighted by atomic mass is 32.1. The molecular weight excluding hydrogens is 212 g/mol. The fourth-order valence-electron chi connectivity index (χ4n) is 1.63. The summed E-state index contributed by atoms with van der Waals surface area (Å²) in [6.45, 7) is 0.477. The van der Waals surface area contributed by atoms with Gasteiger partial charge in [-0.2, -0.15) is 0 Å². The summed E-state index contributed by atoms with van der Waals surface area (Å²) in [7, 11) is 0. The van der Waals surface area contributed by atoms with E-state index in [1.54, 1.807) is 17.5 Å². The number of carbonyl (C=O) groups is 2. The van der Waals surface area contributed by atoms with E-state index in [4.69, 9.17) is 0 Å². The summed E-state index contributed by atoms with van der Waals surface area (Å²) in [6, 6.07) is 0. The number of amides is 2. The number of hydrogen-bond acceptors (Lipinski definition) is 4. The predicted molar refractivity (Wildman–Crippen MR) is 56.4 cm³/mol. The SMILES string of the molecule is O=C1CCCC(=O)N1CCc1nccs1. The topological polar surface area (TPSA) is 50.3 Å². The molecule has 0 radical (unpaired) electrons. The zero-order chi connectivity index (χ0) is 10.7. The van der Waals surface area contributed by atoms with E-state index in [1.807, 2.05) is 5.38 Å². The molecule has 0 aromatic carbocycles. The van der Waals surface area contributed by atoms with Crippen LogP contribution in [0.4, 0.5) is 0 Å². The fourth-order valence-corrected chi connectivity index (χ4v) is 2.24. The van der Waals surface area contributed by atoms with Crippen LogP contribution in [0.2, 0.25) is 0 Å². The Hall–Kier alpha value is -1.23. The summed E-state index contributed by atoms with van der Waals surface area (Å²) >= 11 is 1.55. The Morgan fingerprint density at radius 1 is 1.33 bits per heavy atom. The van der Waals surface area contributed by atoms with Crippen LogP contribution in [0.1, 0.15) is 24.3 Å². The molecule has 5 heteroatoms. The molecule has 4 nitrogen and oxygen atoms in total. The number of imide groups is 1. The Morgan fingerprint density at radius 2 is 2.07 bits per heavy atom. The average Bonchev–Trinajstić information content (AvgIpc) is 2.70. The minimum atomic E-state index is -0.0391. The number of nitrogens with zero attached hydrogens (tertiary/aromatic N) is 2. The van der Waals surface area contributed by atoms with Crippen LogP contribution in [0.3, 0.4) is 0 Å². The lowest BCUT2D eigenvalue weighted by Crippen LogP contribution is -2.41. The molecule has 1 fully saturated rings. The molecule has 0 saturated carbocycles. The van der Waals surface area contributed by atoms with Gasteiger partial charge in [0.05, 0.1) is 5.01 Å². The van der Waals surface area contributed by atoms with E-state index < -0.39 is 0 Å². The molecule has 2 amide bonds. The molecule has 0 N–H and O–H groups in total. The second kappa shape index (κ2) is 4.53. The number of carbonyl (C=O) groups excluding carboxylic acids is 2. The monoisotopic (exact) mass is 224 g/mol. The Kier molecular flexibility index (Phi) is 3.11. The molecular formula is C10H12N2O2S. The molecule has 2 heterocycles. The van der Waals surface area contributed by atoms with Crippen molar-refractivity contribution >= 4 is 23.2 Å². The van der Waals surface area contributed by atoms with Gasteiger partial charge in [0, 0.05) is 37.4 Å². The van der Waals surface area contributed by atoms with Crippen LogP contribution < -0.4 is 0 Å². The minimum absolute atomic E-state index is 0.0391. The van der Waals surface area contributed by atoms with Crippen molar-refractivity contribution in [1.29, 1.82) is 0 Å². The van der Waals surface area contributed by atoms with Crippen LogP contribution in [0, 0.1) is 0 Å². The van der Waals surface area contributed by atoms with Crippen molar-refractivity contribution in [2.45, 2.75) is 25.7 Å². The summed E-state index contributed by atoms with van der Waals surface area (Å²) in [5.41, 5.74) is 0. The van der Waals surface area contributed by atoms with Gasteiger partial charge in [-0.3, -0.25) is 14.5 Å². The van der Waals surface area contributed by atoms with Crippen molar-refractivity contribution < 1.29 is 9.59 Å². The van der Waals surface area contributed by atoms with Gasteiger partial charge in [-0.25, -0.2) is 4.98 Å². The van der Waals surface area contributed by atoms with Crippen LogP contribution in [-0.2, 0) is 16.0 Å². The van der Waals surface area contributed by atoms with E-state index in [0.29, 0.717) is 32.2 Å². The average molecular weight is 224 g/mol. The maximum Gasteiger partial charge on any atom is 0.229 e. The predicted octanol–water partition coefficient (Wildman–Crippen LogP) is 1.22. The number of rotatable bonds is 3. The number of likely N-dealkylation sites (tertiary alicyclic amines) is 1. The lowest BCUT2D eigenvalue weighted by Gasteiger charge is -2.24. The van der Waals surface area contributed by atoms with E-state index >= 15 is 0 Å². The van der Waals surface area contributed by atoms with Gasteiger partial charge in [0.25, 0.3) is 0 Å². The smallest absolute Gasteiger partial charge is 0.229 e. The lowest BCUT2D eigenvalue weighted by atomic mass is 10.1. The van der Waals surface area contributed by atoms with Crippen molar-refractivity contribution in [2.24, 2.45) is 0 Å². The van der Waals surface area contributed by atoms with E-state index in [1.165, 1.54) is 4.90 Å². The molecule has 0 unspecified atom stereocenters. The largest absolute Gasteiger partial charge is 0.282 e. The maximum absolute atomic E-state index is 11.5. The normalized spacial score (nSPS) is 17.2. The van der Waals surface area contributed by atoms with Crippen LogP contribution in [0.25, 0.3) is 0 Å². The summed E-state index contributed by atoms with van der Waals surface area (Å²) in [5, 5.41) is 2.87. The zero-order valence-corrected chi connectivity index (χ0v) is 9.13. The molecule has 0 spiro atoms. The molecule has 1 aliphatic rings.